The first-order chi connectivity index (χ1) is 25.0. The van der Waals surface area contributed by atoms with Crippen LogP contribution in [0.25, 0.3) is 0 Å². The third kappa shape index (κ3) is 12.0. The van der Waals surface area contributed by atoms with Crippen molar-refractivity contribution in [3.8, 4) is 5.75 Å². The average molecular weight is 704 g/mol. The fourth-order valence-corrected chi connectivity index (χ4v) is 5.78. The molecule has 0 fully saturated rings. The molecule has 1 atom stereocenters. The summed E-state index contributed by atoms with van der Waals surface area (Å²) >= 11 is 0. The second-order valence-electron chi connectivity index (χ2n) is 13.6. The summed E-state index contributed by atoms with van der Waals surface area (Å²) in [6.45, 7) is 7.63. The van der Waals surface area contributed by atoms with Crippen molar-refractivity contribution in [3.05, 3.63) is 149 Å². The molecule has 5 rings (SSSR count). The normalized spacial score (nSPS) is 12.1. The van der Waals surface area contributed by atoms with Crippen molar-refractivity contribution in [3.63, 3.8) is 0 Å². The molecule has 270 valence electrons. The van der Waals surface area contributed by atoms with Gasteiger partial charge in [-0.15, -0.1) is 0 Å². The van der Waals surface area contributed by atoms with E-state index in [1.54, 1.807) is 57.7 Å². The first-order valence-corrected chi connectivity index (χ1v) is 17.1. The molecule has 0 saturated carbocycles. The van der Waals surface area contributed by atoms with Crippen LogP contribution in [0.15, 0.2) is 110 Å². The Hall–Kier alpha value is -5.72. The zero-order valence-corrected chi connectivity index (χ0v) is 29.7. The minimum atomic E-state index is -1.28. The van der Waals surface area contributed by atoms with Gasteiger partial charge in [0.1, 0.15) is 17.4 Å². The number of phenolic OH excluding ortho intramolecular Hbond substituents is 1. The number of nitrogens with one attached hydrogen (secondary N) is 1. The van der Waals surface area contributed by atoms with Crippen molar-refractivity contribution in [1.82, 2.24) is 35.1 Å². The molecular formula is C40H45N7O5. The number of carbonyl (C=O) groups is 2. The number of ether oxygens (including phenoxy) is 1. The van der Waals surface area contributed by atoms with Crippen molar-refractivity contribution in [2.75, 3.05) is 0 Å². The highest BCUT2D eigenvalue weighted by Gasteiger charge is 2.26. The number of amides is 1. The average Bonchev–Trinajstić information content (AvgIpc) is 3.11. The molecule has 1 amide bonds. The number of pyridine rings is 4. The van der Waals surface area contributed by atoms with Crippen LogP contribution in [-0.2, 0) is 55.2 Å². The summed E-state index contributed by atoms with van der Waals surface area (Å²) < 4.78 is 5.36. The number of aliphatic carboxylic acids is 1. The Morgan fingerprint density at radius 3 is 1.37 bits per heavy atom. The highest BCUT2D eigenvalue weighted by molar-refractivity contribution is 5.80. The van der Waals surface area contributed by atoms with Crippen molar-refractivity contribution < 1.29 is 24.5 Å². The van der Waals surface area contributed by atoms with E-state index in [2.05, 4.69) is 35.1 Å². The standard InChI is InChI=1S/C40H45N7O5/c1-40(2,3)52-39(51)45-36(38(49)50)22-29-20-30(23-46(25-32-12-4-8-16-41-32)26-33-13-5-9-17-42-33)37(48)31(21-29)24-47(27-34-14-6-10-18-43-34)28-35-15-7-11-19-44-35/h4-21,36,48H,22-28H2,1-3H3,(H,45,51)(H,49,50)/t36-/m0/s1. The summed E-state index contributed by atoms with van der Waals surface area (Å²) in [6.07, 6.45) is 6.10. The lowest BCUT2D eigenvalue weighted by Crippen LogP contribution is -2.44. The highest BCUT2D eigenvalue weighted by Crippen LogP contribution is 2.30. The number of carbonyl (C=O) groups excluding carboxylic acids is 1. The minimum absolute atomic E-state index is 0.0458. The van der Waals surface area contributed by atoms with Crippen molar-refractivity contribution in [2.24, 2.45) is 0 Å². The van der Waals surface area contributed by atoms with E-state index in [9.17, 15) is 19.8 Å². The Kier molecular flexibility index (Phi) is 13.0. The van der Waals surface area contributed by atoms with Crippen LogP contribution in [0.1, 0.15) is 60.2 Å². The predicted octanol–water partition coefficient (Wildman–Crippen LogP) is 5.90. The monoisotopic (exact) mass is 703 g/mol. The molecular weight excluding hydrogens is 658 g/mol. The molecule has 0 aliphatic carbocycles. The zero-order chi connectivity index (χ0) is 36.9. The number of benzene rings is 1. The summed E-state index contributed by atoms with van der Waals surface area (Å²) in [7, 11) is 0. The Morgan fingerprint density at radius 2 is 1.06 bits per heavy atom. The van der Waals surface area contributed by atoms with Gasteiger partial charge in [0.2, 0.25) is 0 Å². The molecule has 0 unspecified atom stereocenters. The van der Waals surface area contributed by atoms with Gasteiger partial charge in [-0.05, 0) is 74.9 Å². The van der Waals surface area contributed by atoms with E-state index in [0.717, 1.165) is 22.8 Å². The maximum Gasteiger partial charge on any atom is 0.408 e. The molecule has 0 bridgehead atoms. The number of phenols is 1. The molecule has 0 spiro atoms. The van der Waals surface area contributed by atoms with E-state index in [1.165, 1.54) is 0 Å². The number of rotatable bonds is 16. The van der Waals surface area contributed by atoms with Gasteiger partial charge in [-0.1, -0.05) is 36.4 Å². The third-order valence-corrected chi connectivity index (χ3v) is 7.99. The molecule has 0 saturated heterocycles. The number of carboxylic acid groups (broad SMARTS) is 1. The van der Waals surface area contributed by atoms with E-state index in [4.69, 9.17) is 4.74 Å². The lowest BCUT2D eigenvalue weighted by Gasteiger charge is -2.26. The van der Waals surface area contributed by atoms with Crippen molar-refractivity contribution >= 4 is 12.1 Å². The van der Waals surface area contributed by atoms with Gasteiger partial charge >= 0.3 is 12.1 Å². The van der Waals surface area contributed by atoms with Gasteiger partial charge in [0.05, 0.1) is 22.8 Å². The fraction of sp³-hybridized carbons (Fsp3) is 0.300. The van der Waals surface area contributed by atoms with Crippen LogP contribution in [0, 0.1) is 0 Å². The number of aromatic nitrogens is 4. The molecule has 0 radical (unpaired) electrons. The lowest BCUT2D eigenvalue weighted by atomic mass is 9.97. The third-order valence-electron chi connectivity index (χ3n) is 7.99. The molecule has 4 aromatic heterocycles. The second kappa shape index (κ2) is 18.0. The minimum Gasteiger partial charge on any atom is -0.507 e. The van der Waals surface area contributed by atoms with Gasteiger partial charge in [-0.3, -0.25) is 29.7 Å². The van der Waals surface area contributed by atoms with Gasteiger partial charge < -0.3 is 20.3 Å². The molecule has 12 nitrogen and oxygen atoms in total. The van der Waals surface area contributed by atoms with Crippen LogP contribution < -0.4 is 5.32 Å². The maximum absolute atomic E-state index is 12.7. The number of carboxylic acids is 1. The van der Waals surface area contributed by atoms with E-state index in [0.29, 0.717) is 56.0 Å². The molecule has 4 heterocycles. The van der Waals surface area contributed by atoms with E-state index < -0.39 is 23.7 Å². The Morgan fingerprint density at radius 1 is 0.673 bits per heavy atom. The second-order valence-corrected chi connectivity index (χ2v) is 13.6. The molecule has 0 aliphatic heterocycles. The zero-order valence-electron chi connectivity index (χ0n) is 29.7. The number of aromatic hydroxyl groups is 1. The summed E-state index contributed by atoms with van der Waals surface area (Å²) in [5, 5.41) is 24.6. The Labute approximate surface area is 304 Å². The van der Waals surface area contributed by atoms with E-state index in [-0.39, 0.29) is 12.2 Å². The fourth-order valence-electron chi connectivity index (χ4n) is 5.78. The van der Waals surface area contributed by atoms with Crippen LogP contribution in [0.4, 0.5) is 4.79 Å². The SMILES string of the molecule is CC(C)(C)OC(=O)N[C@@H](Cc1cc(CN(Cc2ccccn2)Cc2ccccn2)c(O)c(CN(Cc2ccccn2)Cc2ccccn2)c1)C(=O)O. The largest absolute Gasteiger partial charge is 0.507 e. The van der Waals surface area contributed by atoms with Gasteiger partial charge in [-0.25, -0.2) is 9.59 Å². The number of hydrogen-bond donors (Lipinski definition) is 3. The molecule has 1 aromatic carbocycles. The van der Waals surface area contributed by atoms with Gasteiger partial charge in [0, 0.05) is 81.6 Å². The van der Waals surface area contributed by atoms with Gasteiger partial charge in [0.25, 0.3) is 0 Å². The van der Waals surface area contributed by atoms with Crippen molar-refractivity contribution in [1.29, 1.82) is 0 Å². The van der Waals surface area contributed by atoms with Gasteiger partial charge in [-0.2, -0.15) is 0 Å². The summed E-state index contributed by atoms with van der Waals surface area (Å²) in [5.74, 6) is -1.12. The van der Waals surface area contributed by atoms with Gasteiger partial charge in [0.15, 0.2) is 0 Å². The highest BCUT2D eigenvalue weighted by atomic mass is 16.6. The van der Waals surface area contributed by atoms with Crippen LogP contribution in [0.5, 0.6) is 5.75 Å². The molecule has 52 heavy (non-hydrogen) atoms. The van der Waals surface area contributed by atoms with E-state index >= 15 is 0 Å². The summed E-state index contributed by atoms with van der Waals surface area (Å²) in [4.78, 5) is 47.5. The van der Waals surface area contributed by atoms with Crippen LogP contribution in [0.2, 0.25) is 0 Å². The number of hydrogen-bond acceptors (Lipinski definition) is 10. The Bertz CT molecular complexity index is 1680. The van der Waals surface area contributed by atoms with E-state index in [1.807, 2.05) is 72.8 Å². The molecule has 12 heteroatoms. The molecule has 5 aromatic rings. The molecule has 3 N–H and O–H groups in total. The maximum atomic E-state index is 12.7. The number of nitrogens with zero attached hydrogens (tertiary/aromatic N) is 6. The van der Waals surface area contributed by atoms with Crippen LogP contribution in [0.3, 0.4) is 0 Å². The quantitative estimate of drug-likeness (QED) is 0.113. The molecule has 0 aliphatic rings. The predicted molar refractivity (Wildman–Crippen MR) is 195 cm³/mol. The summed E-state index contributed by atoms with van der Waals surface area (Å²) in [5.41, 5.74) is 4.39. The van der Waals surface area contributed by atoms with Crippen molar-refractivity contribution in [2.45, 2.75) is 78.1 Å². The smallest absolute Gasteiger partial charge is 0.408 e. The Balaban J connectivity index is 1.52. The van der Waals surface area contributed by atoms with Crippen LogP contribution in [-0.4, -0.2) is 63.7 Å². The summed E-state index contributed by atoms with van der Waals surface area (Å²) in [6, 6.07) is 25.3. The number of alkyl carbamates (subject to hydrolysis) is 1. The lowest BCUT2D eigenvalue weighted by molar-refractivity contribution is -0.139. The first kappa shape index (κ1) is 37.5. The first-order valence-electron chi connectivity index (χ1n) is 17.1. The topological polar surface area (TPSA) is 154 Å². The van der Waals surface area contributed by atoms with Crippen LogP contribution >= 0.6 is 0 Å².